The molecule has 4 heteroatoms. The molecular formula is C11H26O4. The zero-order chi connectivity index (χ0) is 12.3. The molecule has 0 atom stereocenters. The lowest BCUT2D eigenvalue weighted by Crippen LogP contribution is -2.24. The average Bonchev–Trinajstić information content (AvgIpc) is 2.20. The van der Waals surface area contributed by atoms with Gasteiger partial charge in [-0.15, -0.1) is 0 Å². The Labute approximate surface area is 93.8 Å². The lowest BCUT2D eigenvalue weighted by atomic mass is 10.4. The third kappa shape index (κ3) is 13.8. The van der Waals surface area contributed by atoms with Crippen LogP contribution in [0.4, 0.5) is 0 Å². The zero-order valence-corrected chi connectivity index (χ0v) is 11.1. The molecule has 15 heavy (non-hydrogen) atoms. The van der Waals surface area contributed by atoms with Crippen LogP contribution in [-0.2, 0) is 18.9 Å². The van der Waals surface area contributed by atoms with Crippen LogP contribution in [-0.4, -0.2) is 39.5 Å². The van der Waals surface area contributed by atoms with Crippen molar-refractivity contribution in [2.24, 2.45) is 0 Å². The molecule has 0 heterocycles. The lowest BCUT2D eigenvalue weighted by Gasteiger charge is -2.19. The second kappa shape index (κ2) is 10.4. The molecule has 0 aromatic carbocycles. The van der Waals surface area contributed by atoms with Crippen molar-refractivity contribution in [1.82, 2.24) is 0 Å². The summed E-state index contributed by atoms with van der Waals surface area (Å²) in [5.41, 5.74) is 0. The maximum absolute atomic E-state index is 5.06. The summed E-state index contributed by atoms with van der Waals surface area (Å²) in [5.74, 6) is -0.417. The molecule has 0 N–H and O–H groups in total. The first kappa shape index (κ1) is 17.2. The van der Waals surface area contributed by atoms with Gasteiger partial charge >= 0.3 is 0 Å². The molecule has 0 aromatic rings. The minimum absolute atomic E-state index is 0.0370. The van der Waals surface area contributed by atoms with Crippen molar-refractivity contribution in [1.29, 1.82) is 0 Å². The molecule has 0 unspecified atom stereocenters. The molecule has 0 bridgehead atoms. The summed E-state index contributed by atoms with van der Waals surface area (Å²) in [7, 11) is 3.23. The number of hydrogen-bond donors (Lipinski definition) is 0. The summed E-state index contributed by atoms with van der Waals surface area (Å²) in [6.07, 6.45) is -0.0370. The van der Waals surface area contributed by atoms with E-state index in [0.29, 0.717) is 0 Å². The minimum atomic E-state index is -0.417. The molecule has 0 radical (unpaired) electrons. The van der Waals surface area contributed by atoms with Crippen molar-refractivity contribution < 1.29 is 18.9 Å². The van der Waals surface area contributed by atoms with E-state index in [1.54, 1.807) is 14.2 Å². The predicted octanol–water partition coefficient (Wildman–Crippen LogP) is 2.42. The molecule has 0 saturated carbocycles. The second-order valence-electron chi connectivity index (χ2n) is 3.29. The Hall–Kier alpha value is -0.160. The highest BCUT2D eigenvalue weighted by molar-refractivity contribution is 4.47. The van der Waals surface area contributed by atoms with E-state index >= 15 is 0 Å². The van der Waals surface area contributed by atoms with Crippen LogP contribution < -0.4 is 0 Å². The fraction of sp³-hybridized carbons (Fsp3) is 1.00. The standard InChI is InChI=1S/C6H14O2.C5H12O2/c1-4-7-6(3)8-5-2;1-5(2,6-3)7-4/h6H,4-5H2,1-3H3;1-4H3. The maximum Gasteiger partial charge on any atom is 0.161 e. The molecule has 0 aliphatic rings. The van der Waals surface area contributed by atoms with Gasteiger partial charge in [0.15, 0.2) is 12.1 Å². The van der Waals surface area contributed by atoms with Crippen LogP contribution in [0.25, 0.3) is 0 Å². The summed E-state index contributed by atoms with van der Waals surface area (Å²) < 4.78 is 19.8. The summed E-state index contributed by atoms with van der Waals surface area (Å²) in [5, 5.41) is 0. The summed E-state index contributed by atoms with van der Waals surface area (Å²) in [6, 6.07) is 0. The summed E-state index contributed by atoms with van der Waals surface area (Å²) in [6.45, 7) is 11.0. The van der Waals surface area contributed by atoms with Crippen molar-refractivity contribution >= 4 is 0 Å². The Morgan fingerprint density at radius 1 is 0.933 bits per heavy atom. The first-order valence-electron chi connectivity index (χ1n) is 5.27. The Morgan fingerprint density at radius 2 is 1.27 bits per heavy atom. The Kier molecular flexibility index (Phi) is 11.9. The molecule has 94 valence electrons. The van der Waals surface area contributed by atoms with E-state index in [9.17, 15) is 0 Å². The minimum Gasteiger partial charge on any atom is -0.354 e. The van der Waals surface area contributed by atoms with E-state index < -0.39 is 5.79 Å². The van der Waals surface area contributed by atoms with Gasteiger partial charge in [-0.1, -0.05) is 0 Å². The van der Waals surface area contributed by atoms with Gasteiger partial charge in [-0.3, -0.25) is 0 Å². The highest BCUT2D eigenvalue weighted by atomic mass is 16.7. The van der Waals surface area contributed by atoms with Gasteiger partial charge in [0.1, 0.15) is 0 Å². The molecule has 0 rings (SSSR count). The first-order valence-corrected chi connectivity index (χ1v) is 5.27. The van der Waals surface area contributed by atoms with Crippen LogP contribution in [0.2, 0.25) is 0 Å². The van der Waals surface area contributed by atoms with Gasteiger partial charge in [-0.2, -0.15) is 0 Å². The van der Waals surface area contributed by atoms with Gasteiger partial charge in [-0.25, -0.2) is 0 Å². The molecular weight excluding hydrogens is 196 g/mol. The molecule has 0 amide bonds. The van der Waals surface area contributed by atoms with E-state index in [1.807, 2.05) is 34.6 Å². The van der Waals surface area contributed by atoms with Crippen LogP contribution in [0, 0.1) is 0 Å². The molecule has 0 aromatic heterocycles. The summed E-state index contributed by atoms with van der Waals surface area (Å²) >= 11 is 0. The van der Waals surface area contributed by atoms with Crippen LogP contribution in [0.5, 0.6) is 0 Å². The highest BCUT2D eigenvalue weighted by Crippen LogP contribution is 2.05. The van der Waals surface area contributed by atoms with Crippen LogP contribution in [0.1, 0.15) is 34.6 Å². The Bertz CT molecular complexity index is 114. The van der Waals surface area contributed by atoms with Gasteiger partial charge in [0.05, 0.1) is 0 Å². The lowest BCUT2D eigenvalue weighted by molar-refractivity contribution is -0.178. The van der Waals surface area contributed by atoms with Crippen molar-refractivity contribution in [3.05, 3.63) is 0 Å². The quantitative estimate of drug-likeness (QED) is 0.647. The van der Waals surface area contributed by atoms with E-state index in [0.717, 1.165) is 13.2 Å². The summed E-state index contributed by atoms with van der Waals surface area (Å²) in [4.78, 5) is 0. The average molecular weight is 222 g/mol. The molecule has 0 aliphatic carbocycles. The van der Waals surface area contributed by atoms with Gasteiger partial charge in [0.25, 0.3) is 0 Å². The monoisotopic (exact) mass is 222 g/mol. The fourth-order valence-electron chi connectivity index (χ4n) is 0.601. The van der Waals surface area contributed by atoms with Gasteiger partial charge < -0.3 is 18.9 Å². The molecule has 0 fully saturated rings. The largest absolute Gasteiger partial charge is 0.354 e. The molecule has 0 spiro atoms. The SMILES string of the molecule is CCOC(C)OCC.COC(C)(C)OC. The molecule has 0 aliphatic heterocycles. The molecule has 0 saturated heterocycles. The second-order valence-corrected chi connectivity index (χ2v) is 3.29. The van der Waals surface area contributed by atoms with Crippen LogP contribution >= 0.6 is 0 Å². The van der Waals surface area contributed by atoms with Gasteiger partial charge in [-0.05, 0) is 34.6 Å². The molecule has 4 nitrogen and oxygen atoms in total. The van der Waals surface area contributed by atoms with E-state index in [2.05, 4.69) is 0 Å². The van der Waals surface area contributed by atoms with Crippen molar-refractivity contribution in [2.75, 3.05) is 27.4 Å². The zero-order valence-electron chi connectivity index (χ0n) is 11.1. The Balaban J connectivity index is 0. The van der Waals surface area contributed by atoms with E-state index in [4.69, 9.17) is 18.9 Å². The number of ether oxygens (including phenoxy) is 4. The third-order valence-corrected chi connectivity index (χ3v) is 1.79. The smallest absolute Gasteiger partial charge is 0.161 e. The van der Waals surface area contributed by atoms with Gasteiger partial charge in [0.2, 0.25) is 0 Å². The number of methoxy groups -OCH3 is 2. The van der Waals surface area contributed by atoms with Crippen LogP contribution in [0.15, 0.2) is 0 Å². The normalized spacial score (nSPS) is 11.2. The predicted molar refractivity (Wildman–Crippen MR) is 60.8 cm³/mol. The maximum atomic E-state index is 5.06. The first-order chi connectivity index (χ1) is 6.93. The number of hydrogen-bond acceptors (Lipinski definition) is 4. The topological polar surface area (TPSA) is 36.9 Å². The van der Waals surface area contributed by atoms with Crippen LogP contribution in [0.3, 0.4) is 0 Å². The van der Waals surface area contributed by atoms with E-state index in [-0.39, 0.29) is 6.29 Å². The number of rotatable bonds is 6. The van der Waals surface area contributed by atoms with Crippen molar-refractivity contribution in [2.45, 2.75) is 46.7 Å². The highest BCUT2D eigenvalue weighted by Gasteiger charge is 2.11. The third-order valence-electron chi connectivity index (χ3n) is 1.79. The fourth-order valence-corrected chi connectivity index (χ4v) is 0.601. The van der Waals surface area contributed by atoms with E-state index in [1.165, 1.54) is 0 Å². The van der Waals surface area contributed by atoms with Gasteiger partial charge in [0, 0.05) is 27.4 Å². The van der Waals surface area contributed by atoms with Crippen molar-refractivity contribution in [3.8, 4) is 0 Å². The van der Waals surface area contributed by atoms with Crippen molar-refractivity contribution in [3.63, 3.8) is 0 Å². The Morgan fingerprint density at radius 3 is 1.40 bits per heavy atom.